The first-order valence-electron chi connectivity index (χ1n) is 5.08. The minimum atomic E-state index is -0.332. The van der Waals surface area contributed by atoms with E-state index in [-0.39, 0.29) is 11.4 Å². The molecule has 6 heteroatoms. The van der Waals surface area contributed by atoms with E-state index in [1.807, 2.05) is 0 Å². The predicted molar refractivity (Wildman–Crippen MR) is 57.7 cm³/mol. The Balaban J connectivity index is 2.08. The molecule has 0 atom stereocenters. The van der Waals surface area contributed by atoms with Gasteiger partial charge in [0.15, 0.2) is 0 Å². The summed E-state index contributed by atoms with van der Waals surface area (Å²) in [4.78, 5) is 17.4. The monoisotopic (exact) mass is 228 g/mol. The van der Waals surface area contributed by atoms with Crippen molar-refractivity contribution in [3.63, 3.8) is 0 Å². The Labute approximate surface area is 93.6 Å². The van der Waals surface area contributed by atoms with Crippen molar-refractivity contribution >= 4 is 0 Å². The zero-order chi connectivity index (χ0) is 11.6. The molecule has 0 saturated carbocycles. The van der Waals surface area contributed by atoms with Gasteiger partial charge in [0.25, 0.3) is 5.88 Å². The summed E-state index contributed by atoms with van der Waals surface area (Å²) in [6.07, 6.45) is 3.77. The summed E-state index contributed by atoms with van der Waals surface area (Å²) in [6, 6.07) is 0. The lowest BCUT2D eigenvalue weighted by Gasteiger charge is -2.05. The van der Waals surface area contributed by atoms with Crippen LogP contribution in [-0.4, -0.2) is 43.5 Å². The molecule has 0 bridgehead atoms. The van der Waals surface area contributed by atoms with Gasteiger partial charge in [-0.2, -0.15) is 0 Å². The molecule has 0 unspecified atom stereocenters. The predicted octanol–water partition coefficient (Wildman–Crippen LogP) is 0.202. The molecule has 90 valence electrons. The fourth-order valence-corrected chi connectivity index (χ4v) is 1.05. The average molecular weight is 228 g/mol. The molecule has 0 spiro atoms. The third-order valence-corrected chi connectivity index (χ3v) is 1.78. The summed E-state index contributed by atoms with van der Waals surface area (Å²) in [5.41, 5.74) is -0.332. The van der Waals surface area contributed by atoms with Crippen molar-refractivity contribution in [1.82, 2.24) is 9.97 Å². The Morgan fingerprint density at radius 1 is 1.31 bits per heavy atom. The molecule has 0 aromatic carbocycles. The van der Waals surface area contributed by atoms with E-state index in [4.69, 9.17) is 14.2 Å². The number of ether oxygens (including phenoxy) is 3. The molecule has 1 heterocycles. The van der Waals surface area contributed by atoms with Crippen LogP contribution in [0.4, 0.5) is 0 Å². The molecule has 0 radical (unpaired) electrons. The molecule has 1 rings (SSSR count). The van der Waals surface area contributed by atoms with Crippen LogP contribution >= 0.6 is 0 Å². The number of rotatable bonds is 8. The van der Waals surface area contributed by atoms with E-state index in [9.17, 15) is 4.79 Å². The van der Waals surface area contributed by atoms with Crippen LogP contribution in [0.25, 0.3) is 0 Å². The molecular weight excluding hydrogens is 212 g/mol. The maximum Gasteiger partial charge on any atom is 0.310 e. The topological polar surface area (TPSA) is 73.4 Å². The smallest absolute Gasteiger partial charge is 0.310 e. The first-order chi connectivity index (χ1) is 7.84. The largest absolute Gasteiger partial charge is 0.471 e. The highest BCUT2D eigenvalue weighted by Crippen LogP contribution is 1.93. The standard InChI is InChI=1S/C10H16N2O4/c1-14-5-2-6-15-7-8-16-10-9(13)11-3-4-12-10/h3-4H,2,5-8H2,1H3,(H,11,13). The number of H-pyrrole nitrogens is 1. The third kappa shape index (κ3) is 4.90. The Kier molecular flexibility index (Phi) is 6.20. The molecule has 0 fully saturated rings. The Hall–Kier alpha value is -1.40. The zero-order valence-corrected chi connectivity index (χ0v) is 9.27. The second-order valence-corrected chi connectivity index (χ2v) is 3.03. The number of aromatic nitrogens is 2. The highest BCUT2D eigenvalue weighted by Gasteiger charge is 1.99. The summed E-state index contributed by atoms with van der Waals surface area (Å²) in [7, 11) is 1.65. The third-order valence-electron chi connectivity index (χ3n) is 1.78. The summed E-state index contributed by atoms with van der Waals surface area (Å²) in [6.45, 7) is 2.04. The van der Waals surface area contributed by atoms with Gasteiger partial charge < -0.3 is 19.2 Å². The van der Waals surface area contributed by atoms with E-state index in [2.05, 4.69) is 9.97 Å². The highest BCUT2D eigenvalue weighted by atomic mass is 16.5. The first kappa shape index (κ1) is 12.7. The maximum atomic E-state index is 11.1. The number of hydrogen-bond acceptors (Lipinski definition) is 5. The van der Waals surface area contributed by atoms with Crippen LogP contribution in [0.2, 0.25) is 0 Å². The van der Waals surface area contributed by atoms with Gasteiger partial charge >= 0.3 is 5.56 Å². The summed E-state index contributed by atoms with van der Waals surface area (Å²) >= 11 is 0. The Morgan fingerprint density at radius 2 is 2.19 bits per heavy atom. The van der Waals surface area contributed by atoms with Crippen LogP contribution in [0, 0.1) is 0 Å². The summed E-state index contributed by atoms with van der Waals surface area (Å²) in [5, 5.41) is 0. The Morgan fingerprint density at radius 3 is 2.94 bits per heavy atom. The first-order valence-corrected chi connectivity index (χ1v) is 5.08. The quantitative estimate of drug-likeness (QED) is 0.643. The lowest BCUT2D eigenvalue weighted by molar-refractivity contribution is 0.0791. The number of nitrogens with one attached hydrogen (secondary N) is 1. The second kappa shape index (κ2) is 7.84. The van der Waals surface area contributed by atoms with Gasteiger partial charge in [0.05, 0.1) is 6.61 Å². The lowest BCUT2D eigenvalue weighted by atomic mass is 10.5. The van der Waals surface area contributed by atoms with Crippen molar-refractivity contribution in [2.45, 2.75) is 6.42 Å². The van der Waals surface area contributed by atoms with Gasteiger partial charge in [-0.3, -0.25) is 4.79 Å². The molecule has 1 aromatic rings. The minimum absolute atomic E-state index is 0.0722. The fourth-order valence-electron chi connectivity index (χ4n) is 1.05. The number of aromatic amines is 1. The molecule has 1 aromatic heterocycles. The van der Waals surface area contributed by atoms with Crippen molar-refractivity contribution < 1.29 is 14.2 Å². The molecule has 0 aliphatic rings. The van der Waals surface area contributed by atoms with Crippen LogP contribution in [0.15, 0.2) is 17.2 Å². The fraction of sp³-hybridized carbons (Fsp3) is 0.600. The van der Waals surface area contributed by atoms with Gasteiger partial charge in [-0.1, -0.05) is 0 Å². The van der Waals surface area contributed by atoms with Gasteiger partial charge in [-0.15, -0.1) is 0 Å². The molecule has 1 N–H and O–H groups in total. The molecule has 0 amide bonds. The molecule has 0 saturated heterocycles. The highest BCUT2D eigenvalue weighted by molar-refractivity contribution is 5.01. The van der Waals surface area contributed by atoms with Crippen LogP contribution in [0.3, 0.4) is 0 Å². The Bertz CT molecular complexity index is 340. The van der Waals surface area contributed by atoms with Gasteiger partial charge in [-0.05, 0) is 6.42 Å². The number of methoxy groups -OCH3 is 1. The van der Waals surface area contributed by atoms with Crippen molar-refractivity contribution in [2.24, 2.45) is 0 Å². The SMILES string of the molecule is COCCCOCCOc1ncc[nH]c1=O. The van der Waals surface area contributed by atoms with Crippen LogP contribution in [-0.2, 0) is 9.47 Å². The minimum Gasteiger partial charge on any atom is -0.471 e. The van der Waals surface area contributed by atoms with Gasteiger partial charge in [0.1, 0.15) is 6.61 Å². The number of nitrogens with zero attached hydrogens (tertiary/aromatic N) is 1. The number of hydrogen-bond donors (Lipinski definition) is 1. The molecule has 0 aliphatic heterocycles. The van der Waals surface area contributed by atoms with Gasteiger partial charge in [0.2, 0.25) is 0 Å². The summed E-state index contributed by atoms with van der Waals surface area (Å²) < 4.78 is 15.3. The van der Waals surface area contributed by atoms with Crippen LogP contribution in [0.1, 0.15) is 6.42 Å². The van der Waals surface area contributed by atoms with Crippen LogP contribution < -0.4 is 10.3 Å². The van der Waals surface area contributed by atoms with E-state index in [0.29, 0.717) is 26.4 Å². The molecule has 0 aliphatic carbocycles. The van der Waals surface area contributed by atoms with Gasteiger partial charge in [0, 0.05) is 32.7 Å². The van der Waals surface area contributed by atoms with E-state index < -0.39 is 0 Å². The summed E-state index contributed by atoms with van der Waals surface area (Å²) in [5.74, 6) is 0.0722. The van der Waals surface area contributed by atoms with Crippen LogP contribution in [0.5, 0.6) is 5.88 Å². The van der Waals surface area contributed by atoms with Crippen molar-refractivity contribution in [2.75, 3.05) is 33.5 Å². The maximum absolute atomic E-state index is 11.1. The molecule has 16 heavy (non-hydrogen) atoms. The van der Waals surface area contributed by atoms with Crippen molar-refractivity contribution in [1.29, 1.82) is 0 Å². The van der Waals surface area contributed by atoms with Crippen molar-refractivity contribution in [3.8, 4) is 5.88 Å². The van der Waals surface area contributed by atoms with E-state index in [1.165, 1.54) is 12.4 Å². The molecular formula is C10H16N2O4. The van der Waals surface area contributed by atoms with Crippen molar-refractivity contribution in [3.05, 3.63) is 22.7 Å². The average Bonchev–Trinajstić information content (AvgIpc) is 2.30. The molecule has 6 nitrogen and oxygen atoms in total. The second-order valence-electron chi connectivity index (χ2n) is 3.03. The normalized spacial score (nSPS) is 10.3. The van der Waals surface area contributed by atoms with Gasteiger partial charge in [-0.25, -0.2) is 4.98 Å². The lowest BCUT2D eigenvalue weighted by Crippen LogP contribution is -2.16. The van der Waals surface area contributed by atoms with E-state index >= 15 is 0 Å². The van der Waals surface area contributed by atoms with E-state index in [1.54, 1.807) is 7.11 Å². The van der Waals surface area contributed by atoms with E-state index in [0.717, 1.165) is 6.42 Å². The zero-order valence-electron chi connectivity index (χ0n) is 9.27.